The number of nitrogens with one attached hydrogen (secondary N) is 1. The normalized spacial score (nSPS) is 19.1. The Balaban J connectivity index is 1.78. The Morgan fingerprint density at radius 3 is 3.14 bits per heavy atom. The van der Waals surface area contributed by atoms with Gasteiger partial charge in [0, 0.05) is 24.6 Å². The number of benzene rings is 1. The molecule has 3 rings (SSSR count). The first kappa shape index (κ1) is 8.30. The zero-order valence-electron chi connectivity index (χ0n) is 8.25. The molecular formula is C12H15NO. The lowest BCUT2D eigenvalue weighted by Crippen LogP contribution is -2.16. The SMILES string of the molecule is c1cc(CNC2CC2)c2c(c1)OCC2. The third-order valence-electron chi connectivity index (χ3n) is 3.00. The van der Waals surface area contributed by atoms with Gasteiger partial charge in [-0.3, -0.25) is 0 Å². The highest BCUT2D eigenvalue weighted by atomic mass is 16.5. The molecule has 1 N–H and O–H groups in total. The van der Waals surface area contributed by atoms with Gasteiger partial charge in [0.05, 0.1) is 6.61 Å². The molecule has 0 aromatic heterocycles. The Morgan fingerprint density at radius 1 is 1.36 bits per heavy atom. The van der Waals surface area contributed by atoms with Crippen LogP contribution in [0.2, 0.25) is 0 Å². The molecule has 74 valence electrons. The van der Waals surface area contributed by atoms with E-state index in [4.69, 9.17) is 4.74 Å². The van der Waals surface area contributed by atoms with E-state index < -0.39 is 0 Å². The van der Waals surface area contributed by atoms with Gasteiger partial charge in [-0.15, -0.1) is 0 Å². The maximum absolute atomic E-state index is 5.53. The molecule has 0 saturated heterocycles. The number of hydrogen-bond acceptors (Lipinski definition) is 2. The summed E-state index contributed by atoms with van der Waals surface area (Å²) in [6, 6.07) is 7.16. The maximum Gasteiger partial charge on any atom is 0.122 e. The molecule has 1 aliphatic carbocycles. The van der Waals surface area contributed by atoms with Crippen molar-refractivity contribution in [2.75, 3.05) is 6.61 Å². The molecule has 1 saturated carbocycles. The van der Waals surface area contributed by atoms with Gasteiger partial charge >= 0.3 is 0 Å². The van der Waals surface area contributed by atoms with E-state index in [2.05, 4.69) is 23.5 Å². The van der Waals surface area contributed by atoms with Crippen LogP contribution in [-0.4, -0.2) is 12.6 Å². The first-order chi connectivity index (χ1) is 6.93. The summed E-state index contributed by atoms with van der Waals surface area (Å²) in [6.07, 6.45) is 3.79. The minimum atomic E-state index is 0.785. The van der Waals surface area contributed by atoms with E-state index in [1.807, 2.05) is 0 Å². The number of ether oxygens (including phenoxy) is 1. The summed E-state index contributed by atoms with van der Waals surface area (Å²) in [5.41, 5.74) is 2.84. The van der Waals surface area contributed by atoms with E-state index in [0.717, 1.165) is 31.4 Å². The van der Waals surface area contributed by atoms with Crippen LogP contribution >= 0.6 is 0 Å². The molecule has 14 heavy (non-hydrogen) atoms. The summed E-state index contributed by atoms with van der Waals surface area (Å²) in [7, 11) is 0. The van der Waals surface area contributed by atoms with Gasteiger partial charge in [0.25, 0.3) is 0 Å². The fourth-order valence-electron chi connectivity index (χ4n) is 2.00. The zero-order valence-corrected chi connectivity index (χ0v) is 8.25. The smallest absolute Gasteiger partial charge is 0.122 e. The molecule has 1 aliphatic heterocycles. The molecule has 0 radical (unpaired) electrons. The van der Waals surface area contributed by atoms with Gasteiger partial charge in [0.2, 0.25) is 0 Å². The van der Waals surface area contributed by atoms with Crippen LogP contribution in [0.4, 0.5) is 0 Å². The Labute approximate surface area is 84.3 Å². The standard InChI is InChI=1S/C12H15NO/c1-2-9(8-13-10-4-5-10)11-6-7-14-12(11)3-1/h1-3,10,13H,4-8H2. The molecular weight excluding hydrogens is 174 g/mol. The molecule has 1 heterocycles. The van der Waals surface area contributed by atoms with E-state index in [9.17, 15) is 0 Å². The van der Waals surface area contributed by atoms with E-state index in [1.54, 1.807) is 0 Å². The zero-order chi connectivity index (χ0) is 9.38. The van der Waals surface area contributed by atoms with Crippen LogP contribution in [0.15, 0.2) is 18.2 Å². The second kappa shape index (κ2) is 3.28. The molecule has 2 aliphatic rings. The van der Waals surface area contributed by atoms with Crippen LogP contribution in [0.1, 0.15) is 24.0 Å². The quantitative estimate of drug-likeness (QED) is 0.783. The van der Waals surface area contributed by atoms with E-state index in [-0.39, 0.29) is 0 Å². The van der Waals surface area contributed by atoms with Crippen molar-refractivity contribution in [1.29, 1.82) is 0 Å². The van der Waals surface area contributed by atoms with Gasteiger partial charge in [-0.1, -0.05) is 12.1 Å². The number of rotatable bonds is 3. The fraction of sp³-hybridized carbons (Fsp3) is 0.500. The van der Waals surface area contributed by atoms with Gasteiger partial charge in [0.1, 0.15) is 5.75 Å². The molecule has 1 fully saturated rings. The van der Waals surface area contributed by atoms with Crippen LogP contribution < -0.4 is 10.1 Å². The minimum Gasteiger partial charge on any atom is -0.493 e. The first-order valence-electron chi connectivity index (χ1n) is 5.40. The molecule has 0 amide bonds. The number of hydrogen-bond donors (Lipinski definition) is 1. The summed E-state index contributed by atoms with van der Waals surface area (Å²) in [4.78, 5) is 0. The van der Waals surface area contributed by atoms with Crippen LogP contribution in [0.25, 0.3) is 0 Å². The first-order valence-corrected chi connectivity index (χ1v) is 5.40. The average Bonchev–Trinajstić information content (AvgIpc) is 2.91. The molecule has 2 heteroatoms. The average molecular weight is 189 g/mol. The van der Waals surface area contributed by atoms with Crippen molar-refractivity contribution in [3.63, 3.8) is 0 Å². The van der Waals surface area contributed by atoms with Crippen molar-refractivity contribution < 1.29 is 4.74 Å². The molecule has 2 nitrogen and oxygen atoms in total. The van der Waals surface area contributed by atoms with E-state index in [0.29, 0.717) is 0 Å². The molecule has 0 unspecified atom stereocenters. The van der Waals surface area contributed by atoms with Gasteiger partial charge in [-0.25, -0.2) is 0 Å². The van der Waals surface area contributed by atoms with Gasteiger partial charge in [-0.2, -0.15) is 0 Å². The van der Waals surface area contributed by atoms with Gasteiger partial charge in [0.15, 0.2) is 0 Å². The fourth-order valence-corrected chi connectivity index (χ4v) is 2.00. The lowest BCUT2D eigenvalue weighted by atomic mass is 10.1. The summed E-state index contributed by atoms with van der Waals surface area (Å²) in [5.74, 6) is 1.10. The topological polar surface area (TPSA) is 21.3 Å². The minimum absolute atomic E-state index is 0.785. The Morgan fingerprint density at radius 2 is 2.29 bits per heavy atom. The highest BCUT2D eigenvalue weighted by molar-refractivity contribution is 5.42. The molecule has 0 spiro atoms. The van der Waals surface area contributed by atoms with Gasteiger partial charge in [-0.05, 0) is 24.5 Å². The van der Waals surface area contributed by atoms with E-state index >= 15 is 0 Å². The summed E-state index contributed by atoms with van der Waals surface area (Å²) < 4.78 is 5.53. The van der Waals surface area contributed by atoms with Crippen molar-refractivity contribution in [1.82, 2.24) is 5.32 Å². The summed E-state index contributed by atoms with van der Waals surface area (Å²) in [6.45, 7) is 1.87. The Kier molecular flexibility index (Phi) is 1.95. The second-order valence-corrected chi connectivity index (χ2v) is 4.15. The van der Waals surface area contributed by atoms with Gasteiger partial charge < -0.3 is 10.1 Å². The lowest BCUT2D eigenvalue weighted by Gasteiger charge is -2.07. The van der Waals surface area contributed by atoms with Crippen LogP contribution in [0.3, 0.4) is 0 Å². The maximum atomic E-state index is 5.53. The van der Waals surface area contributed by atoms with Crippen LogP contribution in [0.5, 0.6) is 5.75 Å². The largest absolute Gasteiger partial charge is 0.493 e. The molecule has 1 aromatic rings. The second-order valence-electron chi connectivity index (χ2n) is 4.15. The third-order valence-corrected chi connectivity index (χ3v) is 3.00. The van der Waals surface area contributed by atoms with Crippen molar-refractivity contribution >= 4 is 0 Å². The highest BCUT2D eigenvalue weighted by Crippen LogP contribution is 2.28. The highest BCUT2D eigenvalue weighted by Gasteiger charge is 2.21. The van der Waals surface area contributed by atoms with Crippen LogP contribution in [-0.2, 0) is 13.0 Å². The molecule has 0 bridgehead atoms. The monoisotopic (exact) mass is 189 g/mol. The van der Waals surface area contributed by atoms with E-state index in [1.165, 1.54) is 24.0 Å². The van der Waals surface area contributed by atoms with Crippen molar-refractivity contribution in [3.05, 3.63) is 29.3 Å². The predicted molar refractivity (Wildman–Crippen MR) is 55.5 cm³/mol. The predicted octanol–water partition coefficient (Wildman–Crippen LogP) is 1.87. The lowest BCUT2D eigenvalue weighted by molar-refractivity contribution is 0.357. The number of fused-ring (bicyclic) bond motifs is 1. The summed E-state index contributed by atoms with van der Waals surface area (Å²) >= 11 is 0. The van der Waals surface area contributed by atoms with Crippen molar-refractivity contribution in [2.45, 2.75) is 31.8 Å². The molecule has 0 atom stereocenters. The van der Waals surface area contributed by atoms with Crippen LogP contribution in [0, 0.1) is 0 Å². The molecule has 1 aromatic carbocycles. The van der Waals surface area contributed by atoms with Crippen molar-refractivity contribution in [2.24, 2.45) is 0 Å². The Hall–Kier alpha value is -1.02. The summed E-state index contributed by atoms with van der Waals surface area (Å²) in [5, 5.41) is 3.55. The Bertz CT molecular complexity index is 344. The third kappa shape index (κ3) is 1.50. The van der Waals surface area contributed by atoms with Crippen molar-refractivity contribution in [3.8, 4) is 5.75 Å².